The molecule has 26 heavy (non-hydrogen) atoms. The van der Waals surface area contributed by atoms with Gasteiger partial charge in [0.25, 0.3) is 0 Å². The third-order valence-electron chi connectivity index (χ3n) is 8.16. The van der Waals surface area contributed by atoms with Gasteiger partial charge in [0.1, 0.15) is 0 Å². The number of piperidine rings is 1. The molecule has 0 spiro atoms. The van der Waals surface area contributed by atoms with Gasteiger partial charge in [0.2, 0.25) is 5.91 Å². The van der Waals surface area contributed by atoms with Crippen LogP contribution in [0.15, 0.2) is 0 Å². The maximum atomic E-state index is 13.7. The summed E-state index contributed by atoms with van der Waals surface area (Å²) in [6.07, 6.45) is 8.46. The second-order valence-corrected chi connectivity index (χ2v) is 9.62. The van der Waals surface area contributed by atoms with E-state index in [1.54, 1.807) is 0 Å². The SMILES string of the molecule is COC(=O)C1CC2C(CCC(C)N2C(=O)C2C3CC4CC(C3)CC2C4)O1. The summed E-state index contributed by atoms with van der Waals surface area (Å²) >= 11 is 0. The van der Waals surface area contributed by atoms with Crippen molar-refractivity contribution in [2.75, 3.05) is 7.11 Å². The molecule has 4 unspecified atom stereocenters. The molecule has 4 bridgehead atoms. The zero-order valence-corrected chi connectivity index (χ0v) is 15.9. The first-order valence-corrected chi connectivity index (χ1v) is 10.6. The molecule has 0 aromatic heterocycles. The van der Waals surface area contributed by atoms with E-state index in [9.17, 15) is 9.59 Å². The number of fused-ring (bicyclic) bond motifs is 1. The molecule has 6 rings (SSSR count). The first-order chi connectivity index (χ1) is 12.5. The normalized spacial score (nSPS) is 49.2. The molecule has 4 aliphatic carbocycles. The summed E-state index contributed by atoms with van der Waals surface area (Å²) in [4.78, 5) is 27.9. The third kappa shape index (κ3) is 2.53. The maximum absolute atomic E-state index is 13.7. The molecule has 0 aromatic carbocycles. The molecule has 2 heterocycles. The van der Waals surface area contributed by atoms with Gasteiger partial charge in [-0.3, -0.25) is 4.79 Å². The number of esters is 1. The number of ether oxygens (including phenoxy) is 2. The first-order valence-electron chi connectivity index (χ1n) is 10.6. The molecule has 5 heteroatoms. The van der Waals surface area contributed by atoms with Crippen molar-refractivity contribution < 1.29 is 19.1 Å². The summed E-state index contributed by atoms with van der Waals surface area (Å²) in [7, 11) is 1.41. The molecule has 6 aliphatic rings. The monoisotopic (exact) mass is 361 g/mol. The Kier molecular flexibility index (Phi) is 4.07. The van der Waals surface area contributed by atoms with E-state index in [4.69, 9.17) is 9.47 Å². The molecule has 0 aromatic rings. The molecule has 1 amide bonds. The molecular formula is C21H31NO4. The van der Waals surface area contributed by atoms with Crippen LogP contribution in [0.4, 0.5) is 0 Å². The number of hydrogen-bond acceptors (Lipinski definition) is 4. The third-order valence-corrected chi connectivity index (χ3v) is 8.16. The van der Waals surface area contributed by atoms with Gasteiger partial charge in [-0.25, -0.2) is 4.79 Å². The van der Waals surface area contributed by atoms with E-state index in [-0.39, 0.29) is 30.1 Å². The van der Waals surface area contributed by atoms with E-state index in [0.29, 0.717) is 24.2 Å². The minimum absolute atomic E-state index is 0.00363. The summed E-state index contributed by atoms with van der Waals surface area (Å²) in [5, 5.41) is 0. The lowest BCUT2D eigenvalue weighted by Crippen LogP contribution is -2.59. The van der Waals surface area contributed by atoms with Crippen molar-refractivity contribution in [3.05, 3.63) is 0 Å². The van der Waals surface area contributed by atoms with Gasteiger partial charge in [0.15, 0.2) is 6.10 Å². The molecule has 2 saturated heterocycles. The quantitative estimate of drug-likeness (QED) is 0.710. The summed E-state index contributed by atoms with van der Waals surface area (Å²) in [6.45, 7) is 2.18. The molecule has 4 saturated carbocycles. The molecule has 0 radical (unpaired) electrons. The van der Waals surface area contributed by atoms with Gasteiger partial charge in [0.05, 0.1) is 19.3 Å². The Morgan fingerprint density at radius 3 is 2.23 bits per heavy atom. The highest BCUT2D eigenvalue weighted by molar-refractivity contribution is 5.81. The van der Waals surface area contributed by atoms with Gasteiger partial charge in [-0.2, -0.15) is 0 Å². The number of likely N-dealkylation sites (tertiary alicyclic amines) is 1. The lowest BCUT2D eigenvalue weighted by atomic mass is 9.51. The highest BCUT2D eigenvalue weighted by Gasteiger charge is 2.55. The van der Waals surface area contributed by atoms with Crippen LogP contribution >= 0.6 is 0 Å². The predicted molar refractivity (Wildman–Crippen MR) is 95.2 cm³/mol. The Hall–Kier alpha value is -1.10. The van der Waals surface area contributed by atoms with Gasteiger partial charge < -0.3 is 14.4 Å². The van der Waals surface area contributed by atoms with Gasteiger partial charge in [-0.1, -0.05) is 0 Å². The summed E-state index contributed by atoms with van der Waals surface area (Å²) in [5.74, 6) is 3.26. The van der Waals surface area contributed by atoms with Crippen molar-refractivity contribution in [3.8, 4) is 0 Å². The Morgan fingerprint density at radius 2 is 1.62 bits per heavy atom. The van der Waals surface area contributed by atoms with Gasteiger partial charge >= 0.3 is 5.97 Å². The van der Waals surface area contributed by atoms with Gasteiger partial charge in [-0.05, 0) is 75.5 Å². The average Bonchev–Trinajstić information content (AvgIpc) is 3.04. The van der Waals surface area contributed by atoms with Crippen LogP contribution in [0.2, 0.25) is 0 Å². The fourth-order valence-electron chi connectivity index (χ4n) is 7.32. The standard InChI is InChI=1S/C21H31NO4/c1-11-3-4-17-16(10-18(26-17)21(24)25-2)22(11)20(23)19-14-6-12-5-13(8-14)9-15(19)7-12/h11-19H,3-10H2,1-2H3. The summed E-state index contributed by atoms with van der Waals surface area (Å²) in [6, 6.07) is 0.300. The number of hydrogen-bond donors (Lipinski definition) is 0. The second kappa shape index (κ2) is 6.22. The van der Waals surface area contributed by atoms with Crippen LogP contribution in [0.3, 0.4) is 0 Å². The van der Waals surface area contributed by atoms with Crippen LogP contribution in [0.5, 0.6) is 0 Å². The van der Waals surface area contributed by atoms with E-state index in [0.717, 1.165) is 24.7 Å². The zero-order valence-electron chi connectivity index (χ0n) is 15.9. The summed E-state index contributed by atoms with van der Waals surface area (Å²) < 4.78 is 10.9. The Bertz CT molecular complexity index is 577. The molecule has 2 aliphatic heterocycles. The predicted octanol–water partition coefficient (Wildman–Crippen LogP) is 2.77. The van der Waals surface area contributed by atoms with E-state index in [1.807, 2.05) is 0 Å². The minimum atomic E-state index is -0.505. The lowest BCUT2D eigenvalue weighted by molar-refractivity contribution is -0.159. The smallest absolute Gasteiger partial charge is 0.335 e. The number of carbonyl (C=O) groups excluding carboxylic acids is 2. The van der Waals surface area contributed by atoms with Gasteiger partial charge in [0, 0.05) is 18.4 Å². The zero-order chi connectivity index (χ0) is 18.0. The van der Waals surface area contributed by atoms with Crippen LogP contribution in [-0.4, -0.2) is 48.2 Å². The van der Waals surface area contributed by atoms with E-state index < -0.39 is 6.10 Å². The van der Waals surface area contributed by atoms with Crippen molar-refractivity contribution >= 4 is 11.9 Å². The number of nitrogens with zero attached hydrogens (tertiary/aromatic N) is 1. The average molecular weight is 361 g/mol. The van der Waals surface area contributed by atoms with E-state index >= 15 is 0 Å². The lowest BCUT2D eigenvalue weighted by Gasteiger charge is -2.55. The largest absolute Gasteiger partial charge is 0.467 e. The molecule has 0 N–H and O–H groups in total. The molecule has 144 valence electrons. The number of amides is 1. The van der Waals surface area contributed by atoms with Crippen LogP contribution < -0.4 is 0 Å². The van der Waals surface area contributed by atoms with Gasteiger partial charge in [-0.15, -0.1) is 0 Å². The van der Waals surface area contributed by atoms with Crippen molar-refractivity contribution in [1.82, 2.24) is 4.90 Å². The van der Waals surface area contributed by atoms with Crippen LogP contribution in [-0.2, 0) is 19.1 Å². The topological polar surface area (TPSA) is 55.8 Å². The highest BCUT2D eigenvalue weighted by atomic mass is 16.6. The maximum Gasteiger partial charge on any atom is 0.335 e. The number of carbonyl (C=O) groups is 2. The van der Waals surface area contributed by atoms with Crippen molar-refractivity contribution in [2.24, 2.45) is 29.6 Å². The molecule has 5 nitrogen and oxygen atoms in total. The van der Waals surface area contributed by atoms with Crippen LogP contribution in [0.1, 0.15) is 58.3 Å². The van der Waals surface area contributed by atoms with E-state index in [2.05, 4.69) is 11.8 Å². The Morgan fingerprint density at radius 1 is 0.962 bits per heavy atom. The van der Waals surface area contributed by atoms with Crippen LogP contribution in [0, 0.1) is 29.6 Å². The molecule has 6 fully saturated rings. The number of methoxy groups -OCH3 is 1. The minimum Gasteiger partial charge on any atom is -0.467 e. The fourth-order valence-corrected chi connectivity index (χ4v) is 7.32. The first kappa shape index (κ1) is 17.0. The fraction of sp³-hybridized carbons (Fsp3) is 0.905. The highest BCUT2D eigenvalue weighted by Crippen LogP contribution is 2.57. The molecule has 4 atom stereocenters. The van der Waals surface area contributed by atoms with Crippen molar-refractivity contribution in [1.29, 1.82) is 0 Å². The summed E-state index contributed by atoms with van der Waals surface area (Å²) in [5.41, 5.74) is 0. The molecular weight excluding hydrogens is 330 g/mol. The van der Waals surface area contributed by atoms with E-state index in [1.165, 1.54) is 39.2 Å². The Labute approximate surface area is 155 Å². The Balaban J connectivity index is 1.37. The second-order valence-electron chi connectivity index (χ2n) is 9.62. The van der Waals surface area contributed by atoms with Crippen molar-refractivity contribution in [2.45, 2.75) is 82.6 Å². The van der Waals surface area contributed by atoms with Crippen LogP contribution in [0.25, 0.3) is 0 Å². The number of rotatable bonds is 2. The van der Waals surface area contributed by atoms with Crippen molar-refractivity contribution in [3.63, 3.8) is 0 Å².